The van der Waals surface area contributed by atoms with Gasteiger partial charge in [-0.15, -0.1) is 0 Å². The zero-order valence-electron chi connectivity index (χ0n) is 12.2. The van der Waals surface area contributed by atoms with E-state index in [2.05, 4.69) is 19.2 Å². The Hall–Kier alpha value is -0.770. The molecule has 0 fully saturated rings. The van der Waals surface area contributed by atoms with Gasteiger partial charge in [0.05, 0.1) is 5.60 Å². The van der Waals surface area contributed by atoms with E-state index < -0.39 is 5.60 Å². The summed E-state index contributed by atoms with van der Waals surface area (Å²) >= 11 is 6.21. The van der Waals surface area contributed by atoms with Crippen molar-refractivity contribution >= 4 is 11.6 Å². The Morgan fingerprint density at radius 3 is 2.63 bits per heavy atom. The molecule has 2 N–H and O–H groups in total. The first kappa shape index (κ1) is 16.3. The van der Waals surface area contributed by atoms with Crippen molar-refractivity contribution in [2.45, 2.75) is 39.8 Å². The summed E-state index contributed by atoms with van der Waals surface area (Å²) in [7, 11) is 0. The SMILES string of the molecule is CC(C)CNCc1c(Cl)cccc1OCC(C)(C)O. The number of rotatable bonds is 7. The number of aliphatic hydroxyl groups is 1. The molecule has 0 spiro atoms. The van der Waals surface area contributed by atoms with Crippen molar-refractivity contribution in [1.29, 1.82) is 0 Å². The van der Waals surface area contributed by atoms with E-state index in [1.165, 1.54) is 0 Å². The van der Waals surface area contributed by atoms with E-state index in [1.807, 2.05) is 18.2 Å². The second-order valence-corrected chi connectivity index (χ2v) is 6.25. The van der Waals surface area contributed by atoms with Crippen LogP contribution in [0.1, 0.15) is 33.3 Å². The van der Waals surface area contributed by atoms with Crippen molar-refractivity contribution < 1.29 is 9.84 Å². The largest absolute Gasteiger partial charge is 0.490 e. The lowest BCUT2D eigenvalue weighted by atomic mass is 10.1. The molecule has 3 nitrogen and oxygen atoms in total. The number of halogens is 1. The topological polar surface area (TPSA) is 41.5 Å². The maximum atomic E-state index is 9.71. The lowest BCUT2D eigenvalue weighted by Gasteiger charge is -2.20. The van der Waals surface area contributed by atoms with Crippen LogP contribution in [-0.2, 0) is 6.54 Å². The van der Waals surface area contributed by atoms with Crippen molar-refractivity contribution in [3.8, 4) is 5.75 Å². The van der Waals surface area contributed by atoms with Crippen molar-refractivity contribution in [1.82, 2.24) is 5.32 Å². The highest BCUT2D eigenvalue weighted by atomic mass is 35.5. The van der Waals surface area contributed by atoms with Gasteiger partial charge < -0.3 is 15.2 Å². The Morgan fingerprint density at radius 1 is 1.37 bits per heavy atom. The van der Waals surface area contributed by atoms with Crippen LogP contribution in [0.25, 0.3) is 0 Å². The van der Waals surface area contributed by atoms with Gasteiger partial charge in [-0.1, -0.05) is 31.5 Å². The third-order valence-electron chi connectivity index (χ3n) is 2.51. The summed E-state index contributed by atoms with van der Waals surface area (Å²) in [5.74, 6) is 1.31. The molecular weight excluding hydrogens is 262 g/mol. The Balaban J connectivity index is 2.71. The third-order valence-corrected chi connectivity index (χ3v) is 2.87. The van der Waals surface area contributed by atoms with Crippen LogP contribution < -0.4 is 10.1 Å². The molecule has 0 amide bonds. The quantitative estimate of drug-likeness (QED) is 0.808. The third kappa shape index (κ3) is 6.28. The number of hydrogen-bond donors (Lipinski definition) is 2. The van der Waals surface area contributed by atoms with Crippen LogP contribution in [0.5, 0.6) is 5.75 Å². The summed E-state index contributed by atoms with van der Waals surface area (Å²) in [4.78, 5) is 0. The zero-order chi connectivity index (χ0) is 14.5. The second-order valence-electron chi connectivity index (χ2n) is 5.84. The highest BCUT2D eigenvalue weighted by molar-refractivity contribution is 6.31. The number of benzene rings is 1. The van der Waals surface area contributed by atoms with Gasteiger partial charge in [-0.25, -0.2) is 0 Å². The summed E-state index contributed by atoms with van der Waals surface area (Å²) in [6.45, 7) is 9.58. The molecule has 0 saturated heterocycles. The number of hydrogen-bond acceptors (Lipinski definition) is 3. The minimum absolute atomic E-state index is 0.241. The zero-order valence-corrected chi connectivity index (χ0v) is 12.9. The molecule has 1 rings (SSSR count). The minimum Gasteiger partial charge on any atom is -0.490 e. The molecule has 0 aliphatic rings. The second kappa shape index (κ2) is 7.13. The standard InChI is InChI=1S/C15H24ClNO2/c1-11(2)8-17-9-12-13(16)6-5-7-14(12)19-10-15(3,4)18/h5-7,11,17-18H,8-10H2,1-4H3. The summed E-state index contributed by atoms with van der Waals surface area (Å²) in [6.07, 6.45) is 0. The molecule has 0 unspecified atom stereocenters. The maximum Gasteiger partial charge on any atom is 0.125 e. The van der Waals surface area contributed by atoms with Crippen LogP contribution in [0.4, 0.5) is 0 Å². The maximum absolute atomic E-state index is 9.71. The van der Waals surface area contributed by atoms with Crippen molar-refractivity contribution in [2.24, 2.45) is 5.92 Å². The molecule has 0 aliphatic heterocycles. The van der Waals surface area contributed by atoms with Crippen LogP contribution in [0.3, 0.4) is 0 Å². The van der Waals surface area contributed by atoms with Gasteiger partial charge in [0.25, 0.3) is 0 Å². The molecule has 0 saturated carbocycles. The Labute approximate surface area is 120 Å². The average molecular weight is 286 g/mol. The van der Waals surface area contributed by atoms with Crippen LogP contribution in [0.15, 0.2) is 18.2 Å². The van der Waals surface area contributed by atoms with Gasteiger partial charge in [0.15, 0.2) is 0 Å². The summed E-state index contributed by atoms with van der Waals surface area (Å²) < 4.78 is 5.67. The van der Waals surface area contributed by atoms with E-state index in [0.29, 0.717) is 17.5 Å². The van der Waals surface area contributed by atoms with Crippen molar-refractivity contribution in [3.05, 3.63) is 28.8 Å². The molecule has 0 atom stereocenters. The van der Waals surface area contributed by atoms with Gasteiger partial charge in [0, 0.05) is 17.1 Å². The van der Waals surface area contributed by atoms with Crippen LogP contribution in [0, 0.1) is 5.92 Å². The fourth-order valence-electron chi connectivity index (χ4n) is 1.59. The molecule has 0 aromatic heterocycles. The highest BCUT2D eigenvalue weighted by Gasteiger charge is 2.15. The van der Waals surface area contributed by atoms with Gasteiger partial charge in [-0.3, -0.25) is 0 Å². The van der Waals surface area contributed by atoms with Crippen molar-refractivity contribution in [3.63, 3.8) is 0 Å². The molecule has 0 aliphatic carbocycles. The first-order valence-electron chi connectivity index (χ1n) is 6.63. The van der Waals surface area contributed by atoms with Gasteiger partial charge in [-0.2, -0.15) is 0 Å². The fourth-order valence-corrected chi connectivity index (χ4v) is 1.82. The Morgan fingerprint density at radius 2 is 2.05 bits per heavy atom. The van der Waals surface area contributed by atoms with Crippen molar-refractivity contribution in [2.75, 3.05) is 13.2 Å². The first-order chi connectivity index (χ1) is 8.79. The van der Waals surface area contributed by atoms with Gasteiger partial charge in [0.2, 0.25) is 0 Å². The Kier molecular flexibility index (Phi) is 6.11. The van der Waals surface area contributed by atoms with Gasteiger partial charge in [-0.05, 0) is 38.4 Å². The normalized spacial score (nSPS) is 11.9. The highest BCUT2D eigenvalue weighted by Crippen LogP contribution is 2.27. The van der Waals surface area contributed by atoms with Crippen LogP contribution >= 0.6 is 11.6 Å². The summed E-state index contributed by atoms with van der Waals surface area (Å²) in [6, 6.07) is 5.59. The molecule has 0 radical (unpaired) electrons. The molecule has 4 heteroatoms. The molecule has 1 aromatic carbocycles. The molecular formula is C15H24ClNO2. The first-order valence-corrected chi connectivity index (χ1v) is 7.00. The number of ether oxygens (including phenoxy) is 1. The van der Waals surface area contributed by atoms with E-state index in [4.69, 9.17) is 16.3 Å². The Bertz CT molecular complexity index is 400. The van der Waals surface area contributed by atoms with Gasteiger partial charge >= 0.3 is 0 Å². The van der Waals surface area contributed by atoms with E-state index in [1.54, 1.807) is 13.8 Å². The molecule has 0 heterocycles. The van der Waals surface area contributed by atoms with Gasteiger partial charge in [0.1, 0.15) is 12.4 Å². The van der Waals surface area contributed by atoms with E-state index in [0.717, 1.165) is 17.9 Å². The summed E-state index contributed by atoms with van der Waals surface area (Å²) in [5.41, 5.74) is 0.0827. The number of nitrogens with one attached hydrogen (secondary N) is 1. The summed E-state index contributed by atoms with van der Waals surface area (Å²) in [5, 5.41) is 13.8. The lowest BCUT2D eigenvalue weighted by molar-refractivity contribution is 0.0281. The fraction of sp³-hybridized carbons (Fsp3) is 0.600. The smallest absolute Gasteiger partial charge is 0.125 e. The minimum atomic E-state index is -0.856. The van der Waals surface area contributed by atoms with E-state index in [-0.39, 0.29) is 6.61 Å². The predicted molar refractivity (Wildman–Crippen MR) is 79.8 cm³/mol. The molecule has 0 bridgehead atoms. The van der Waals surface area contributed by atoms with E-state index >= 15 is 0 Å². The molecule has 19 heavy (non-hydrogen) atoms. The van der Waals surface area contributed by atoms with Crippen LogP contribution in [0.2, 0.25) is 5.02 Å². The lowest BCUT2D eigenvalue weighted by Crippen LogP contribution is -2.28. The average Bonchev–Trinajstić information content (AvgIpc) is 2.27. The predicted octanol–water partition coefficient (Wildman–Crippen LogP) is 3.24. The molecule has 1 aromatic rings. The monoisotopic (exact) mass is 285 g/mol. The molecule has 108 valence electrons. The van der Waals surface area contributed by atoms with Crippen LogP contribution in [-0.4, -0.2) is 23.9 Å². The van der Waals surface area contributed by atoms with E-state index in [9.17, 15) is 5.11 Å².